The van der Waals surface area contributed by atoms with Gasteiger partial charge in [-0.3, -0.25) is 0 Å². The highest BCUT2D eigenvalue weighted by Crippen LogP contribution is 2.58. The van der Waals surface area contributed by atoms with Gasteiger partial charge in [0.1, 0.15) is 46.7 Å². The van der Waals surface area contributed by atoms with Gasteiger partial charge in [-0.25, -0.2) is 0 Å². The van der Waals surface area contributed by atoms with Crippen LogP contribution >= 0.6 is 0 Å². The molecule has 0 amide bonds. The molecule has 0 unspecified atom stereocenters. The number of hydrogen-bond acceptors (Lipinski definition) is 12. The highest BCUT2D eigenvalue weighted by Gasteiger charge is 2.48. The van der Waals surface area contributed by atoms with Gasteiger partial charge in [0, 0.05) is 55.5 Å². The molecule has 0 saturated heterocycles. The molecule has 0 fully saturated rings. The number of ether oxygens (including phenoxy) is 12. The summed E-state index contributed by atoms with van der Waals surface area (Å²) in [6, 6.07) is 16.9. The van der Waals surface area contributed by atoms with E-state index in [1.54, 1.807) is 71.1 Å². The average Bonchev–Trinajstić information content (AvgIpc) is 3.20. The molecule has 2 aliphatic rings. The first kappa shape index (κ1) is 36.6. The topological polar surface area (TPSA) is 111 Å². The van der Waals surface area contributed by atoms with Crippen LogP contribution in [0.2, 0.25) is 0 Å². The summed E-state index contributed by atoms with van der Waals surface area (Å²) < 4.78 is 72.8. The minimum atomic E-state index is -0.640. The Bertz CT molecular complexity index is 1890. The molecule has 0 saturated carbocycles. The van der Waals surface area contributed by atoms with Gasteiger partial charge >= 0.3 is 0 Å². The Morgan fingerprint density at radius 1 is 0.481 bits per heavy atom. The van der Waals surface area contributed by atoms with Crippen molar-refractivity contribution >= 4 is 0 Å². The van der Waals surface area contributed by atoms with E-state index in [0.29, 0.717) is 63.9 Å². The smallest absolute Gasteiger partial charge is 0.161 e. The van der Waals surface area contributed by atoms with Crippen LogP contribution in [0.3, 0.4) is 0 Å². The molecule has 0 bridgehead atoms. The van der Waals surface area contributed by atoms with Crippen LogP contribution in [0.25, 0.3) is 0 Å². The second-order valence-corrected chi connectivity index (χ2v) is 12.2. The van der Waals surface area contributed by atoms with Crippen LogP contribution in [-0.4, -0.2) is 83.3 Å². The highest BCUT2D eigenvalue weighted by molar-refractivity contribution is 5.67. The fourth-order valence-corrected chi connectivity index (χ4v) is 7.34. The molecule has 4 aromatic rings. The van der Waals surface area contributed by atoms with Gasteiger partial charge in [0.25, 0.3) is 0 Å². The predicted molar refractivity (Wildman–Crippen MR) is 192 cm³/mol. The van der Waals surface area contributed by atoms with Crippen molar-refractivity contribution in [2.45, 2.75) is 36.8 Å². The second-order valence-electron chi connectivity index (χ2n) is 12.2. The van der Waals surface area contributed by atoms with E-state index < -0.39 is 24.2 Å². The Labute approximate surface area is 304 Å². The Kier molecular flexibility index (Phi) is 11.0. The van der Waals surface area contributed by atoms with Crippen molar-refractivity contribution in [3.63, 3.8) is 0 Å². The summed E-state index contributed by atoms with van der Waals surface area (Å²) in [6.07, 6.45) is -1.73. The molecule has 0 radical (unpaired) electrons. The fraction of sp³-hybridized carbons (Fsp3) is 0.400. The average molecular weight is 719 g/mol. The maximum absolute atomic E-state index is 7.12. The summed E-state index contributed by atoms with van der Waals surface area (Å²) in [7, 11) is 16.2. The zero-order valence-electron chi connectivity index (χ0n) is 31.2. The van der Waals surface area contributed by atoms with Gasteiger partial charge in [0.15, 0.2) is 35.2 Å². The molecule has 52 heavy (non-hydrogen) atoms. The van der Waals surface area contributed by atoms with E-state index in [4.69, 9.17) is 56.8 Å². The van der Waals surface area contributed by atoms with Crippen molar-refractivity contribution in [3.8, 4) is 57.5 Å². The van der Waals surface area contributed by atoms with Crippen LogP contribution < -0.4 is 47.4 Å². The second kappa shape index (κ2) is 15.6. The van der Waals surface area contributed by atoms with Crippen LogP contribution in [0.1, 0.15) is 45.9 Å². The summed E-state index contributed by atoms with van der Waals surface area (Å²) in [5, 5.41) is 0. The van der Waals surface area contributed by atoms with E-state index in [2.05, 4.69) is 0 Å². The van der Waals surface area contributed by atoms with Crippen LogP contribution in [0, 0.1) is 0 Å². The van der Waals surface area contributed by atoms with Crippen molar-refractivity contribution in [1.29, 1.82) is 0 Å². The molecule has 2 aliphatic heterocycles. The highest BCUT2D eigenvalue weighted by atomic mass is 16.6. The van der Waals surface area contributed by atoms with E-state index in [0.717, 1.165) is 27.8 Å². The lowest BCUT2D eigenvalue weighted by atomic mass is 9.77. The largest absolute Gasteiger partial charge is 0.496 e. The molecule has 4 aromatic carbocycles. The van der Waals surface area contributed by atoms with Crippen molar-refractivity contribution in [1.82, 2.24) is 0 Å². The third kappa shape index (κ3) is 6.30. The van der Waals surface area contributed by atoms with Gasteiger partial charge < -0.3 is 56.8 Å². The molecule has 0 N–H and O–H groups in total. The molecule has 278 valence electrons. The Morgan fingerprint density at radius 3 is 1.56 bits per heavy atom. The molecule has 12 heteroatoms. The first-order valence-electron chi connectivity index (χ1n) is 16.7. The third-order valence-electron chi connectivity index (χ3n) is 9.85. The number of benzene rings is 4. The van der Waals surface area contributed by atoms with Gasteiger partial charge in [-0.05, 0) is 35.4 Å². The van der Waals surface area contributed by atoms with Gasteiger partial charge in [0.05, 0.1) is 62.8 Å². The Morgan fingerprint density at radius 2 is 1.04 bits per heavy atom. The zero-order valence-corrected chi connectivity index (χ0v) is 31.2. The normalized spacial score (nSPS) is 20.3. The molecule has 12 nitrogen and oxygen atoms in total. The first-order chi connectivity index (χ1) is 25.3. The lowest BCUT2D eigenvalue weighted by Gasteiger charge is -2.42. The van der Waals surface area contributed by atoms with Gasteiger partial charge in [0.2, 0.25) is 0 Å². The van der Waals surface area contributed by atoms with Crippen LogP contribution in [0.5, 0.6) is 57.5 Å². The molecule has 0 spiro atoms. The Hall–Kier alpha value is -5.20. The fourth-order valence-electron chi connectivity index (χ4n) is 7.34. The predicted octanol–water partition coefficient (Wildman–Crippen LogP) is 6.73. The summed E-state index contributed by atoms with van der Waals surface area (Å²) >= 11 is 0. The van der Waals surface area contributed by atoms with Crippen molar-refractivity contribution in [2.75, 3.05) is 71.1 Å². The van der Waals surface area contributed by atoms with Crippen molar-refractivity contribution < 1.29 is 56.8 Å². The van der Waals surface area contributed by atoms with Crippen LogP contribution in [0.15, 0.2) is 54.6 Å². The number of fused-ring (bicyclic) bond motifs is 2. The van der Waals surface area contributed by atoms with E-state index in [1.165, 1.54) is 0 Å². The maximum Gasteiger partial charge on any atom is 0.161 e. The monoisotopic (exact) mass is 718 g/mol. The van der Waals surface area contributed by atoms with Crippen LogP contribution in [-0.2, 0) is 15.9 Å². The SMILES string of the molecule is COc1cc(OC)c2c(c1)O[C@H](c1ccc(OC)c(OC)c1)[C@@H](OC)[C@H]2c1c(OC)cc(OC)c2c1O[C@H](c1ccc(OC)c(OC)c1)[C@@H](OC)C2. The third-order valence-corrected chi connectivity index (χ3v) is 9.85. The molecule has 5 atom stereocenters. The minimum absolute atomic E-state index is 0.376. The molecule has 6 rings (SSSR count). The van der Waals surface area contributed by atoms with Gasteiger partial charge in [-0.1, -0.05) is 12.1 Å². The van der Waals surface area contributed by atoms with E-state index in [1.807, 2.05) is 54.6 Å². The number of hydrogen-bond donors (Lipinski definition) is 0. The number of rotatable bonds is 13. The zero-order chi connectivity index (χ0) is 37.1. The van der Waals surface area contributed by atoms with Gasteiger partial charge in [-0.2, -0.15) is 0 Å². The molecule has 0 aromatic heterocycles. The summed E-state index contributed by atoms with van der Waals surface area (Å²) in [5.74, 6) is 5.11. The lowest BCUT2D eigenvalue weighted by Crippen LogP contribution is -2.38. The molecular formula is C40H46O12. The summed E-state index contributed by atoms with van der Waals surface area (Å²) in [4.78, 5) is 0. The molecular weight excluding hydrogens is 672 g/mol. The first-order valence-corrected chi connectivity index (χ1v) is 16.7. The van der Waals surface area contributed by atoms with Crippen LogP contribution in [0.4, 0.5) is 0 Å². The van der Waals surface area contributed by atoms with Crippen molar-refractivity contribution in [3.05, 3.63) is 82.4 Å². The maximum atomic E-state index is 7.12. The molecule has 0 aliphatic carbocycles. The lowest BCUT2D eigenvalue weighted by molar-refractivity contribution is -0.0285. The van der Waals surface area contributed by atoms with Crippen molar-refractivity contribution in [2.24, 2.45) is 0 Å². The van der Waals surface area contributed by atoms with E-state index in [9.17, 15) is 0 Å². The van der Waals surface area contributed by atoms with E-state index >= 15 is 0 Å². The summed E-state index contributed by atoms with van der Waals surface area (Å²) in [5.41, 5.74) is 3.91. The quantitative estimate of drug-likeness (QED) is 0.146. The van der Waals surface area contributed by atoms with E-state index in [-0.39, 0.29) is 6.10 Å². The summed E-state index contributed by atoms with van der Waals surface area (Å²) in [6.45, 7) is 0. The number of methoxy groups -OCH3 is 10. The minimum Gasteiger partial charge on any atom is -0.496 e. The Balaban J connectivity index is 1.63. The molecule has 2 heterocycles. The standard InChI is InChI=1S/C40H46O12/c1-41-23-17-30(47-7)34-32(18-23)51-38(22-12-14-26(43-3)29(16-22)46-6)40(50-10)36(34)35-31(48-8)20-27(44-4)24-19-33(49-9)37(52-39(24)35)21-11-13-25(42-2)28(15-21)45-5/h11-18,20,33,36-38,40H,19H2,1-10H3/t33-,36+,37+,38+,40-/m0/s1. The van der Waals surface area contributed by atoms with Gasteiger partial charge in [-0.15, -0.1) is 0 Å².